The number of pyridine rings is 1. The van der Waals surface area contributed by atoms with Crippen LogP contribution in [-0.4, -0.2) is 36.9 Å². The number of anilines is 1. The van der Waals surface area contributed by atoms with Crippen molar-refractivity contribution in [3.8, 4) is 6.07 Å². The number of carbonyl (C=O) groups is 2. The van der Waals surface area contributed by atoms with E-state index in [1.807, 2.05) is 6.07 Å². The van der Waals surface area contributed by atoms with Crippen molar-refractivity contribution in [3.63, 3.8) is 0 Å². The number of hydrogen-bond donors (Lipinski definition) is 2. The molecule has 0 saturated carbocycles. The van der Waals surface area contributed by atoms with Crippen LogP contribution in [0.4, 0.5) is 19.0 Å². The molecule has 4 rings (SSSR count). The maximum Gasteiger partial charge on any atom is 0.433 e. The second-order valence-corrected chi connectivity index (χ2v) is 7.26. The molecule has 3 aromatic heterocycles. The van der Waals surface area contributed by atoms with Crippen LogP contribution in [0, 0.1) is 11.3 Å². The molecule has 4 aromatic rings. The highest BCUT2D eigenvalue weighted by atomic mass is 35.5. The van der Waals surface area contributed by atoms with Crippen molar-refractivity contribution in [2.75, 3.05) is 4.84 Å². The van der Waals surface area contributed by atoms with Crippen LogP contribution in [0.1, 0.15) is 37.7 Å². The topological polar surface area (TPSA) is 138 Å². The van der Waals surface area contributed by atoms with Gasteiger partial charge in [0, 0.05) is 37.1 Å². The van der Waals surface area contributed by atoms with Gasteiger partial charge in [-0.3, -0.25) is 19.4 Å². The highest BCUT2D eigenvalue weighted by Crippen LogP contribution is 2.27. The van der Waals surface area contributed by atoms with Gasteiger partial charge in [0.2, 0.25) is 0 Å². The lowest BCUT2D eigenvalue weighted by molar-refractivity contribution is -0.141. The lowest BCUT2D eigenvalue weighted by Crippen LogP contribution is -2.24. The average molecular weight is 517 g/mol. The Bertz CT molecular complexity index is 1430. The van der Waals surface area contributed by atoms with Gasteiger partial charge >= 0.3 is 6.18 Å². The van der Waals surface area contributed by atoms with Gasteiger partial charge in [0.15, 0.2) is 11.5 Å². The fourth-order valence-corrected chi connectivity index (χ4v) is 3.13. The smallest absolute Gasteiger partial charge is 0.347 e. The first-order valence-corrected chi connectivity index (χ1v) is 10.4. The number of aldehydes is 1. The molecule has 0 atom stereocenters. The third kappa shape index (κ3) is 6.10. The molecule has 36 heavy (non-hydrogen) atoms. The monoisotopic (exact) mass is 516 g/mol. The zero-order chi connectivity index (χ0) is 26.3. The van der Waals surface area contributed by atoms with Gasteiger partial charge in [-0.05, 0) is 29.8 Å². The Morgan fingerprint density at radius 3 is 2.50 bits per heavy atom. The molecular weight excluding hydrogens is 501 g/mol. The number of carbonyl (C=O) groups excluding carboxylic acids is 2. The first kappa shape index (κ1) is 26.0. The van der Waals surface area contributed by atoms with Gasteiger partial charge in [-0.1, -0.05) is 12.1 Å². The Balaban J connectivity index is 0.000000303. The summed E-state index contributed by atoms with van der Waals surface area (Å²) in [7, 11) is 1.60. The Kier molecular flexibility index (Phi) is 8.13. The number of amides is 1. The van der Waals surface area contributed by atoms with Crippen LogP contribution in [0.25, 0.3) is 11.0 Å². The molecule has 0 aliphatic heterocycles. The Hall–Kier alpha value is -4.57. The van der Waals surface area contributed by atoms with Gasteiger partial charge in [-0.2, -0.15) is 23.5 Å². The molecule has 0 saturated heterocycles. The third-order valence-electron chi connectivity index (χ3n) is 4.67. The van der Waals surface area contributed by atoms with E-state index in [1.54, 1.807) is 31.3 Å². The summed E-state index contributed by atoms with van der Waals surface area (Å²) < 4.78 is 39.4. The Labute approximate surface area is 206 Å². The van der Waals surface area contributed by atoms with Crippen LogP contribution in [0.15, 0.2) is 48.9 Å². The lowest BCUT2D eigenvalue weighted by atomic mass is 10.2. The molecule has 1 amide bonds. The molecule has 0 spiro atoms. The average Bonchev–Trinajstić information content (AvgIpc) is 3.22. The Morgan fingerprint density at radius 1 is 1.17 bits per heavy atom. The third-order valence-corrected chi connectivity index (χ3v) is 4.85. The van der Waals surface area contributed by atoms with E-state index in [2.05, 4.69) is 30.2 Å². The van der Waals surface area contributed by atoms with E-state index in [0.717, 1.165) is 18.5 Å². The van der Waals surface area contributed by atoms with Crippen molar-refractivity contribution in [2.45, 2.75) is 12.7 Å². The summed E-state index contributed by atoms with van der Waals surface area (Å²) in [4.78, 5) is 36.1. The van der Waals surface area contributed by atoms with E-state index in [4.69, 9.17) is 17.0 Å². The van der Waals surface area contributed by atoms with Gasteiger partial charge in [0.25, 0.3) is 5.91 Å². The van der Waals surface area contributed by atoms with E-state index in [-0.39, 0.29) is 23.3 Å². The predicted octanol–water partition coefficient (Wildman–Crippen LogP) is 3.64. The molecule has 1 aromatic carbocycles. The van der Waals surface area contributed by atoms with Crippen LogP contribution in [0.5, 0.6) is 0 Å². The SMILES string of the molecule is Cn1nc2c(C(=O)NCc3ccnc(C(F)(F)F)c3)ncnc2c1NCl.N#Cc1ccc(C=O)cc1. The highest BCUT2D eigenvalue weighted by molar-refractivity contribution is 6.25. The van der Waals surface area contributed by atoms with Crippen molar-refractivity contribution in [1.29, 1.82) is 5.26 Å². The molecule has 10 nitrogen and oxygen atoms in total. The molecule has 0 unspecified atom stereocenters. The Morgan fingerprint density at radius 2 is 1.89 bits per heavy atom. The number of nitrogens with zero attached hydrogens (tertiary/aromatic N) is 6. The molecule has 3 heterocycles. The van der Waals surface area contributed by atoms with Crippen LogP contribution in [0.3, 0.4) is 0 Å². The number of aromatic nitrogens is 5. The van der Waals surface area contributed by atoms with E-state index in [0.29, 0.717) is 22.5 Å². The number of halogens is 4. The summed E-state index contributed by atoms with van der Waals surface area (Å²) in [6.07, 6.45) is -1.60. The first-order valence-electron chi connectivity index (χ1n) is 9.98. The molecular formula is C22H16ClF3N8O2. The number of aryl methyl sites for hydroxylation is 1. The summed E-state index contributed by atoms with van der Waals surface area (Å²) in [6, 6.07) is 10.7. The molecule has 0 radical (unpaired) electrons. The van der Waals surface area contributed by atoms with Crippen LogP contribution >= 0.6 is 11.8 Å². The van der Waals surface area contributed by atoms with E-state index in [1.165, 1.54) is 17.1 Å². The zero-order valence-corrected chi connectivity index (χ0v) is 19.2. The molecule has 2 N–H and O–H groups in total. The van der Waals surface area contributed by atoms with Crippen molar-refractivity contribution in [1.82, 2.24) is 30.0 Å². The fraction of sp³-hybridized carbons (Fsp3) is 0.136. The van der Waals surface area contributed by atoms with E-state index in [9.17, 15) is 22.8 Å². The summed E-state index contributed by atoms with van der Waals surface area (Å²) in [6.45, 7) is -0.136. The number of hydrogen-bond acceptors (Lipinski definition) is 8. The summed E-state index contributed by atoms with van der Waals surface area (Å²) >= 11 is 5.61. The van der Waals surface area contributed by atoms with Crippen LogP contribution in [0.2, 0.25) is 0 Å². The van der Waals surface area contributed by atoms with Gasteiger partial charge < -0.3 is 5.32 Å². The second kappa shape index (κ2) is 11.2. The molecule has 184 valence electrons. The molecule has 0 aliphatic carbocycles. The van der Waals surface area contributed by atoms with Gasteiger partial charge in [-0.25, -0.2) is 14.6 Å². The number of fused-ring (bicyclic) bond motifs is 1. The van der Waals surface area contributed by atoms with Crippen molar-refractivity contribution < 1.29 is 22.8 Å². The lowest BCUT2D eigenvalue weighted by Gasteiger charge is -2.08. The highest BCUT2D eigenvalue weighted by Gasteiger charge is 2.32. The second-order valence-electron chi connectivity index (χ2n) is 7.07. The standard InChI is InChI=1S/C14H11ClF3N7O.C8H5NO/c1-25-12(23-15)10-9(24-25)11(22-6-21-10)13(26)20-5-7-2-3-19-8(4-7)14(16,17)18;9-5-7-1-3-8(6-10)4-2-7/h2-4,6,23H,5H2,1H3,(H,20,26);1-4,6H. The quantitative estimate of drug-likeness (QED) is 0.303. The van der Waals surface area contributed by atoms with Gasteiger partial charge in [0.05, 0.1) is 11.6 Å². The van der Waals surface area contributed by atoms with E-state index < -0.39 is 17.8 Å². The minimum absolute atomic E-state index is 0.0196. The molecule has 14 heteroatoms. The maximum atomic E-state index is 12.7. The summed E-state index contributed by atoms with van der Waals surface area (Å²) in [5, 5.41) is 15.0. The summed E-state index contributed by atoms with van der Waals surface area (Å²) in [5.74, 6) is -0.232. The van der Waals surface area contributed by atoms with Gasteiger partial charge in [0.1, 0.15) is 29.3 Å². The van der Waals surface area contributed by atoms with Crippen molar-refractivity contribution >= 4 is 40.8 Å². The number of nitrogens with one attached hydrogen (secondary N) is 2. The number of benzene rings is 1. The number of alkyl halides is 3. The zero-order valence-electron chi connectivity index (χ0n) is 18.4. The van der Waals surface area contributed by atoms with Crippen LogP contribution < -0.4 is 10.2 Å². The predicted molar refractivity (Wildman–Crippen MR) is 123 cm³/mol. The van der Waals surface area contributed by atoms with Crippen LogP contribution in [-0.2, 0) is 19.8 Å². The molecule has 0 bridgehead atoms. The first-order chi connectivity index (χ1) is 17.2. The molecule has 0 aliphatic rings. The van der Waals surface area contributed by atoms with Crippen molar-refractivity contribution in [3.05, 3.63) is 77.0 Å². The maximum absolute atomic E-state index is 12.7. The summed E-state index contributed by atoms with van der Waals surface area (Å²) in [5.41, 5.74) is 0.914. The minimum Gasteiger partial charge on any atom is -0.347 e. The number of rotatable bonds is 5. The fourth-order valence-electron chi connectivity index (χ4n) is 2.91. The normalized spacial score (nSPS) is 10.7. The molecule has 0 fully saturated rings. The van der Waals surface area contributed by atoms with E-state index >= 15 is 0 Å². The number of nitriles is 1. The largest absolute Gasteiger partial charge is 0.433 e. The van der Waals surface area contributed by atoms with Gasteiger partial charge in [-0.15, -0.1) is 0 Å². The van der Waals surface area contributed by atoms with Crippen molar-refractivity contribution in [2.24, 2.45) is 7.05 Å². The minimum atomic E-state index is -4.56.